The van der Waals surface area contributed by atoms with E-state index < -0.39 is 0 Å². The molecule has 58 heavy (non-hydrogen) atoms. The lowest BCUT2D eigenvalue weighted by atomic mass is 9.83. The second-order valence-corrected chi connectivity index (χ2v) is 15.2. The fraction of sp³-hybridized carbons (Fsp3) is 0. The van der Waals surface area contributed by atoms with Crippen molar-refractivity contribution in [2.75, 3.05) is 0 Å². The molecule has 0 unspecified atom stereocenters. The van der Waals surface area contributed by atoms with Gasteiger partial charge in [0.2, 0.25) is 0 Å². The van der Waals surface area contributed by atoms with Gasteiger partial charge in [-0.2, -0.15) is 10.5 Å². The number of rotatable bonds is 2. The second-order valence-electron chi connectivity index (χ2n) is 15.2. The Balaban J connectivity index is 1.31. The first-order chi connectivity index (χ1) is 28.6. The quantitative estimate of drug-likeness (QED) is 0.131. The van der Waals surface area contributed by atoms with Gasteiger partial charge in [0.15, 0.2) is 11.4 Å². The first-order valence-electron chi connectivity index (χ1n) is 19.0. The van der Waals surface area contributed by atoms with E-state index in [0.717, 1.165) is 65.7 Å². The molecule has 0 atom stereocenters. The average molecular weight is 729 g/mol. The molecule has 0 saturated carbocycles. The summed E-state index contributed by atoms with van der Waals surface area (Å²) in [5.41, 5.74) is 14.3. The maximum Gasteiger partial charge on any atom is 0.195 e. The molecule has 10 aromatic carbocycles. The predicted octanol–water partition coefficient (Wildman–Crippen LogP) is 14.9. The van der Waals surface area contributed by atoms with Crippen molar-refractivity contribution in [2.45, 2.75) is 0 Å². The molecular formula is C54H24N4. The number of benzene rings is 10. The Morgan fingerprint density at radius 3 is 1.29 bits per heavy atom. The minimum atomic E-state index is 0.466. The lowest BCUT2D eigenvalue weighted by Gasteiger charge is -2.19. The standard InChI is InChI=1S/C54H24N4/c1-57-33-17-16-32(28-56)38(20-33)43-25-47-46-23-41-36-13-5-9-31-10-6-14-37(54(31)36)42(41)24-49(46)50(51-19-29(27-55)15-18-52(51)58-2)26-48(47)45-22-40-35-12-4-8-30-7-3-11-34(53(30)35)39(40)21-44(43)45/h3-26H. The van der Waals surface area contributed by atoms with E-state index in [4.69, 9.17) is 13.1 Å². The van der Waals surface area contributed by atoms with Crippen molar-refractivity contribution in [2.24, 2.45) is 0 Å². The molecule has 0 amide bonds. The summed E-state index contributed by atoms with van der Waals surface area (Å²) in [5.74, 6) is 0. The normalized spacial score (nSPS) is 11.7. The van der Waals surface area contributed by atoms with Crippen LogP contribution in [0.3, 0.4) is 0 Å². The number of hydrogen-bond acceptors (Lipinski definition) is 2. The fourth-order valence-corrected chi connectivity index (χ4v) is 9.89. The molecule has 0 fully saturated rings. The van der Waals surface area contributed by atoms with E-state index in [-0.39, 0.29) is 0 Å². The number of nitriles is 2. The van der Waals surface area contributed by atoms with Crippen LogP contribution in [0.5, 0.6) is 0 Å². The van der Waals surface area contributed by atoms with Crippen LogP contribution in [-0.2, 0) is 0 Å². The van der Waals surface area contributed by atoms with Gasteiger partial charge in [-0.1, -0.05) is 97.1 Å². The molecule has 0 spiro atoms. The molecule has 0 N–H and O–H groups in total. The highest BCUT2D eigenvalue weighted by molar-refractivity contribution is 6.29. The Morgan fingerprint density at radius 2 is 0.828 bits per heavy atom. The van der Waals surface area contributed by atoms with Crippen LogP contribution in [0.1, 0.15) is 11.1 Å². The minimum Gasteiger partial charge on any atom is -0.238 e. The van der Waals surface area contributed by atoms with Gasteiger partial charge in [-0.25, -0.2) is 9.69 Å². The highest BCUT2D eigenvalue weighted by atomic mass is 14.6. The zero-order valence-corrected chi connectivity index (χ0v) is 30.6. The van der Waals surface area contributed by atoms with Gasteiger partial charge in [-0.15, -0.1) is 0 Å². The third-order valence-electron chi connectivity index (χ3n) is 12.4. The molecule has 10 aromatic rings. The van der Waals surface area contributed by atoms with Gasteiger partial charge in [-0.3, -0.25) is 0 Å². The van der Waals surface area contributed by atoms with Crippen molar-refractivity contribution in [1.82, 2.24) is 0 Å². The minimum absolute atomic E-state index is 0.466. The van der Waals surface area contributed by atoms with Crippen molar-refractivity contribution in [3.63, 3.8) is 0 Å². The van der Waals surface area contributed by atoms with E-state index in [1.54, 1.807) is 24.3 Å². The maximum atomic E-state index is 10.5. The van der Waals surface area contributed by atoms with Crippen molar-refractivity contribution in [3.8, 4) is 78.9 Å². The van der Waals surface area contributed by atoms with Crippen LogP contribution >= 0.6 is 0 Å². The van der Waals surface area contributed by atoms with E-state index in [9.17, 15) is 10.5 Å². The van der Waals surface area contributed by atoms with E-state index in [1.807, 2.05) is 12.1 Å². The summed E-state index contributed by atoms with van der Waals surface area (Å²) < 4.78 is 0. The average Bonchev–Trinajstić information content (AvgIpc) is 3.77. The molecule has 4 nitrogen and oxygen atoms in total. The molecule has 0 heterocycles. The Hall–Kier alpha value is -8.54. The molecule has 260 valence electrons. The summed E-state index contributed by atoms with van der Waals surface area (Å²) in [7, 11) is 0. The first kappa shape index (κ1) is 31.8. The summed E-state index contributed by atoms with van der Waals surface area (Å²) in [6.45, 7) is 16.2. The lowest BCUT2D eigenvalue weighted by Crippen LogP contribution is -1.93. The van der Waals surface area contributed by atoms with Gasteiger partial charge < -0.3 is 0 Å². The topological polar surface area (TPSA) is 56.3 Å². The molecule has 0 radical (unpaired) electrons. The third kappa shape index (κ3) is 4.13. The van der Waals surface area contributed by atoms with Gasteiger partial charge in [0.1, 0.15) is 0 Å². The summed E-state index contributed by atoms with van der Waals surface area (Å²) in [4.78, 5) is 7.76. The highest BCUT2D eigenvalue weighted by Crippen LogP contribution is 2.54. The van der Waals surface area contributed by atoms with E-state index in [2.05, 4.69) is 131 Å². The van der Waals surface area contributed by atoms with Crippen LogP contribution in [0.4, 0.5) is 11.4 Å². The second kappa shape index (κ2) is 11.5. The Bertz CT molecular complexity index is 3520. The van der Waals surface area contributed by atoms with Crippen LogP contribution < -0.4 is 0 Å². The Labute approximate surface area is 333 Å². The van der Waals surface area contributed by atoms with Gasteiger partial charge in [-0.05, 0) is 169 Å². The molecule has 2 aliphatic rings. The lowest BCUT2D eigenvalue weighted by molar-refractivity contribution is 1.48. The van der Waals surface area contributed by atoms with Crippen molar-refractivity contribution >= 4 is 65.2 Å². The van der Waals surface area contributed by atoms with Gasteiger partial charge in [0.25, 0.3) is 0 Å². The molecule has 4 heteroatoms. The number of fused-ring (bicyclic) bond motifs is 11. The van der Waals surface area contributed by atoms with E-state index in [0.29, 0.717) is 33.6 Å². The zero-order chi connectivity index (χ0) is 38.8. The smallest absolute Gasteiger partial charge is 0.195 e. The Kier molecular flexibility index (Phi) is 6.30. The maximum absolute atomic E-state index is 10.5. The fourth-order valence-electron chi connectivity index (χ4n) is 9.89. The summed E-state index contributed by atoms with van der Waals surface area (Å²) in [5, 5.41) is 31.3. The largest absolute Gasteiger partial charge is 0.238 e. The molecule has 2 aliphatic carbocycles. The van der Waals surface area contributed by atoms with Crippen LogP contribution in [0.25, 0.3) is 130 Å². The molecule has 0 aliphatic heterocycles. The molecule has 0 aromatic heterocycles. The Morgan fingerprint density at radius 1 is 0.362 bits per heavy atom. The third-order valence-corrected chi connectivity index (χ3v) is 12.4. The molecule has 0 bridgehead atoms. The van der Waals surface area contributed by atoms with Gasteiger partial charge in [0.05, 0.1) is 36.4 Å². The molecule has 12 rings (SSSR count). The van der Waals surface area contributed by atoms with Crippen LogP contribution in [0.2, 0.25) is 0 Å². The van der Waals surface area contributed by atoms with Crippen LogP contribution in [0.15, 0.2) is 146 Å². The van der Waals surface area contributed by atoms with Crippen molar-refractivity contribution in [3.05, 3.63) is 180 Å². The monoisotopic (exact) mass is 728 g/mol. The van der Waals surface area contributed by atoms with E-state index in [1.165, 1.54) is 43.8 Å². The summed E-state index contributed by atoms with van der Waals surface area (Å²) >= 11 is 0. The van der Waals surface area contributed by atoms with Crippen LogP contribution in [0, 0.1) is 35.8 Å². The van der Waals surface area contributed by atoms with Crippen molar-refractivity contribution < 1.29 is 0 Å². The van der Waals surface area contributed by atoms with Gasteiger partial charge in [0, 0.05) is 0 Å². The first-order valence-corrected chi connectivity index (χ1v) is 19.0. The predicted molar refractivity (Wildman–Crippen MR) is 236 cm³/mol. The SMILES string of the molecule is [C-]#[N+]c1ccc(C#N)c(-c2cc3c4cc5c(cc4c(-c4cc(C#N)ccc4[N+]#[C-])cc3c3cc4c(cc23)-c2cccc3cccc-4c23)-c2cccc3cccc-5c23)c1. The zero-order valence-electron chi connectivity index (χ0n) is 30.6. The molecule has 0 saturated heterocycles. The van der Waals surface area contributed by atoms with Crippen LogP contribution in [-0.4, -0.2) is 0 Å². The summed E-state index contributed by atoms with van der Waals surface area (Å²) in [6, 6.07) is 54.7. The van der Waals surface area contributed by atoms with Crippen molar-refractivity contribution in [1.29, 1.82) is 10.5 Å². The summed E-state index contributed by atoms with van der Waals surface area (Å²) in [6.07, 6.45) is 0. The number of hydrogen-bond donors (Lipinski definition) is 0. The highest BCUT2D eigenvalue weighted by Gasteiger charge is 2.27. The molecular weight excluding hydrogens is 705 g/mol. The number of nitrogens with zero attached hydrogens (tertiary/aromatic N) is 4. The van der Waals surface area contributed by atoms with E-state index >= 15 is 0 Å². The van der Waals surface area contributed by atoms with Gasteiger partial charge >= 0.3 is 0 Å².